The Morgan fingerprint density at radius 3 is 3.12 bits per heavy atom. The molecule has 1 saturated heterocycles. The van der Waals surface area contributed by atoms with E-state index < -0.39 is 5.54 Å². The van der Waals surface area contributed by atoms with Crippen molar-refractivity contribution in [3.63, 3.8) is 0 Å². The smallest absolute Gasteiger partial charge is 0.252 e. The van der Waals surface area contributed by atoms with E-state index in [9.17, 15) is 4.79 Å². The van der Waals surface area contributed by atoms with E-state index in [1.54, 1.807) is 6.20 Å². The first kappa shape index (κ1) is 9.33. The molecule has 82 valence electrons. The van der Waals surface area contributed by atoms with E-state index in [4.69, 9.17) is 0 Å². The number of fused-ring (bicyclic) bond motifs is 2. The fraction of sp³-hybridized carbons (Fsp3) is 0.364. The van der Waals surface area contributed by atoms with Crippen molar-refractivity contribution < 1.29 is 4.79 Å². The zero-order valence-corrected chi connectivity index (χ0v) is 9.19. The molecule has 2 aliphatic heterocycles. The van der Waals surface area contributed by atoms with Crippen LogP contribution in [0.3, 0.4) is 0 Å². The molecule has 0 unspecified atom stereocenters. The highest BCUT2D eigenvalue weighted by Crippen LogP contribution is 2.31. The molecule has 0 spiro atoms. The molecule has 1 fully saturated rings. The summed E-state index contributed by atoms with van der Waals surface area (Å²) in [7, 11) is 0. The summed E-state index contributed by atoms with van der Waals surface area (Å²) in [5.41, 5.74) is 0.516. The van der Waals surface area contributed by atoms with Crippen molar-refractivity contribution in [3.8, 4) is 0 Å². The van der Waals surface area contributed by atoms with Crippen LogP contribution in [0.25, 0.3) is 0 Å². The second-order valence-electron chi connectivity index (χ2n) is 4.52. The number of nitrogens with one attached hydrogen (secondary N) is 1. The van der Waals surface area contributed by atoms with Crippen LogP contribution in [-0.2, 0) is 11.3 Å². The maximum absolute atomic E-state index is 11.8. The zero-order valence-electron chi connectivity index (χ0n) is 9.19. The van der Waals surface area contributed by atoms with Crippen LogP contribution in [0.5, 0.6) is 0 Å². The van der Waals surface area contributed by atoms with Crippen molar-refractivity contribution in [2.75, 3.05) is 0 Å². The van der Waals surface area contributed by atoms with Crippen LogP contribution in [-0.4, -0.2) is 27.3 Å². The molecular weight excluding hydrogens is 204 g/mol. The maximum Gasteiger partial charge on any atom is 0.252 e. The first-order valence-electron chi connectivity index (χ1n) is 5.21. The third-order valence-electron chi connectivity index (χ3n) is 3.12. The summed E-state index contributed by atoms with van der Waals surface area (Å²) < 4.78 is 0. The third kappa shape index (κ3) is 1.08. The summed E-state index contributed by atoms with van der Waals surface area (Å²) >= 11 is 0. The van der Waals surface area contributed by atoms with E-state index >= 15 is 0 Å². The van der Waals surface area contributed by atoms with Gasteiger partial charge in [0.05, 0.1) is 6.54 Å². The van der Waals surface area contributed by atoms with Crippen LogP contribution in [0.4, 0.5) is 5.82 Å². The zero-order chi connectivity index (χ0) is 11.3. The number of amides is 1. The lowest BCUT2D eigenvalue weighted by molar-refractivity contribution is -0.125. The molecule has 3 rings (SSSR count). The Kier molecular flexibility index (Phi) is 1.64. The van der Waals surface area contributed by atoms with Gasteiger partial charge in [-0.25, -0.2) is 4.98 Å². The number of nitrogens with zero attached hydrogens (tertiary/aromatic N) is 3. The van der Waals surface area contributed by atoms with Crippen LogP contribution >= 0.6 is 0 Å². The second-order valence-corrected chi connectivity index (χ2v) is 4.52. The predicted molar refractivity (Wildman–Crippen MR) is 59.1 cm³/mol. The van der Waals surface area contributed by atoms with E-state index in [1.807, 2.05) is 30.9 Å². The normalized spacial score (nSPS) is 21.0. The Labute approximate surface area is 93.2 Å². The van der Waals surface area contributed by atoms with Crippen LogP contribution in [0.2, 0.25) is 0 Å². The van der Waals surface area contributed by atoms with Crippen molar-refractivity contribution >= 4 is 17.7 Å². The molecule has 1 aromatic heterocycles. The largest absolute Gasteiger partial charge is 0.324 e. The van der Waals surface area contributed by atoms with E-state index in [0.29, 0.717) is 18.3 Å². The third-order valence-corrected chi connectivity index (χ3v) is 3.12. The number of carbonyl (C=O) groups excluding carboxylic acids is 1. The van der Waals surface area contributed by atoms with Gasteiger partial charge < -0.3 is 4.90 Å². The highest BCUT2D eigenvalue weighted by molar-refractivity contribution is 6.09. The maximum atomic E-state index is 11.8. The van der Waals surface area contributed by atoms with E-state index in [-0.39, 0.29) is 5.91 Å². The first-order chi connectivity index (χ1) is 7.59. The molecule has 1 amide bonds. The minimum atomic E-state index is -0.535. The summed E-state index contributed by atoms with van der Waals surface area (Å²) in [6, 6.07) is 3.87. The van der Waals surface area contributed by atoms with Crippen molar-refractivity contribution in [1.82, 2.24) is 15.2 Å². The number of carbonyl (C=O) groups is 1. The van der Waals surface area contributed by atoms with Crippen molar-refractivity contribution in [2.45, 2.75) is 25.9 Å². The van der Waals surface area contributed by atoms with Crippen LogP contribution < -0.4 is 5.32 Å². The van der Waals surface area contributed by atoms with Gasteiger partial charge in [-0.1, -0.05) is 6.07 Å². The van der Waals surface area contributed by atoms with Gasteiger partial charge in [0, 0.05) is 11.8 Å². The van der Waals surface area contributed by atoms with Gasteiger partial charge in [-0.2, -0.15) is 4.99 Å². The first-order valence-corrected chi connectivity index (χ1v) is 5.21. The Bertz CT molecular complexity index is 506. The highest BCUT2D eigenvalue weighted by Gasteiger charge is 2.45. The van der Waals surface area contributed by atoms with E-state index in [0.717, 1.165) is 5.56 Å². The summed E-state index contributed by atoms with van der Waals surface area (Å²) in [4.78, 5) is 22.3. The molecule has 1 N–H and O–H groups in total. The van der Waals surface area contributed by atoms with Gasteiger partial charge in [0.2, 0.25) is 5.96 Å². The van der Waals surface area contributed by atoms with Crippen LogP contribution in [0, 0.1) is 0 Å². The van der Waals surface area contributed by atoms with Crippen molar-refractivity contribution in [1.29, 1.82) is 0 Å². The van der Waals surface area contributed by atoms with Crippen molar-refractivity contribution in [3.05, 3.63) is 23.9 Å². The van der Waals surface area contributed by atoms with E-state index in [1.165, 1.54) is 0 Å². The molecular formula is C11H12N4O. The SMILES string of the molecule is CC1(C)C(=O)NC2=Nc3ncccc3CN21. The van der Waals surface area contributed by atoms with Gasteiger partial charge in [0.25, 0.3) is 5.91 Å². The molecule has 0 aromatic carbocycles. The standard InChI is InChI=1S/C11H12N4O/c1-11(2)9(16)14-10-13-8-7(6-15(10)11)4-3-5-12-8/h3-5H,6H2,1-2H3,(H,12,13,14,16). The average molecular weight is 216 g/mol. The topological polar surface area (TPSA) is 57.6 Å². The minimum absolute atomic E-state index is 0.0148. The van der Waals surface area contributed by atoms with Crippen LogP contribution in [0.1, 0.15) is 19.4 Å². The molecule has 5 nitrogen and oxygen atoms in total. The quantitative estimate of drug-likeness (QED) is 0.697. The summed E-state index contributed by atoms with van der Waals surface area (Å²) in [6.45, 7) is 4.46. The lowest BCUT2D eigenvalue weighted by Gasteiger charge is -2.32. The number of aromatic nitrogens is 1. The molecule has 5 heteroatoms. The number of pyridine rings is 1. The molecule has 2 aliphatic rings. The number of guanidine groups is 1. The predicted octanol–water partition coefficient (Wildman–Crippen LogP) is 0.793. The second kappa shape index (κ2) is 2.81. The van der Waals surface area contributed by atoms with Gasteiger partial charge in [-0.05, 0) is 19.9 Å². The van der Waals surface area contributed by atoms with Gasteiger partial charge in [-0.3, -0.25) is 10.1 Å². The summed E-state index contributed by atoms with van der Waals surface area (Å²) in [6.07, 6.45) is 1.71. The average Bonchev–Trinajstić information content (AvgIpc) is 2.48. The highest BCUT2D eigenvalue weighted by atomic mass is 16.2. The Balaban J connectivity index is 2.11. The Hall–Kier alpha value is -1.91. The van der Waals surface area contributed by atoms with Gasteiger partial charge >= 0.3 is 0 Å². The fourth-order valence-electron chi connectivity index (χ4n) is 2.00. The number of rotatable bonds is 0. The number of aliphatic imine (C=N–C) groups is 1. The molecule has 1 aromatic rings. The Morgan fingerprint density at radius 2 is 2.31 bits per heavy atom. The number of hydrogen-bond donors (Lipinski definition) is 1. The molecule has 0 bridgehead atoms. The Morgan fingerprint density at radius 1 is 1.50 bits per heavy atom. The summed E-state index contributed by atoms with van der Waals surface area (Å²) in [5, 5.41) is 2.78. The molecule has 0 aliphatic carbocycles. The molecule has 3 heterocycles. The minimum Gasteiger partial charge on any atom is -0.324 e. The lowest BCUT2D eigenvalue weighted by atomic mass is 10.0. The lowest BCUT2D eigenvalue weighted by Crippen LogP contribution is -2.44. The van der Waals surface area contributed by atoms with Crippen molar-refractivity contribution in [2.24, 2.45) is 4.99 Å². The van der Waals surface area contributed by atoms with Gasteiger partial charge in [-0.15, -0.1) is 0 Å². The summed E-state index contributed by atoms with van der Waals surface area (Å²) in [5.74, 6) is 1.30. The molecule has 16 heavy (non-hydrogen) atoms. The van der Waals surface area contributed by atoms with Crippen LogP contribution in [0.15, 0.2) is 23.3 Å². The van der Waals surface area contributed by atoms with Gasteiger partial charge in [0.15, 0.2) is 5.82 Å². The van der Waals surface area contributed by atoms with Gasteiger partial charge in [0.1, 0.15) is 5.54 Å². The molecule has 0 atom stereocenters. The monoisotopic (exact) mass is 216 g/mol. The van der Waals surface area contributed by atoms with E-state index in [2.05, 4.69) is 15.3 Å². The molecule has 0 saturated carbocycles. The number of hydrogen-bond acceptors (Lipinski definition) is 4. The fourth-order valence-corrected chi connectivity index (χ4v) is 2.00. The molecule has 0 radical (unpaired) electrons.